The van der Waals surface area contributed by atoms with Gasteiger partial charge < -0.3 is 0 Å². The minimum atomic E-state index is 0.690. The second kappa shape index (κ2) is 13.1. The maximum absolute atomic E-state index is 5.20. The molecule has 0 atom stereocenters. The monoisotopic (exact) mass is 711 g/mol. The summed E-state index contributed by atoms with van der Waals surface area (Å²) in [7, 11) is 0. The zero-order chi connectivity index (χ0) is 37.0. The predicted octanol–water partition coefficient (Wildman–Crippen LogP) is 13.9. The van der Waals surface area contributed by atoms with E-state index in [9.17, 15) is 0 Å². The van der Waals surface area contributed by atoms with Gasteiger partial charge in [0, 0.05) is 28.5 Å². The summed E-state index contributed by atoms with van der Waals surface area (Å²) in [5, 5.41) is 10.1. The van der Waals surface area contributed by atoms with Crippen molar-refractivity contribution in [2.75, 3.05) is 0 Å². The van der Waals surface area contributed by atoms with Crippen LogP contribution >= 0.6 is 0 Å². The van der Waals surface area contributed by atoms with E-state index in [4.69, 9.17) is 9.97 Å². The van der Waals surface area contributed by atoms with Crippen molar-refractivity contribution in [3.8, 4) is 67.4 Å². The van der Waals surface area contributed by atoms with E-state index in [1.807, 2.05) is 30.5 Å². The van der Waals surface area contributed by atoms with E-state index in [0.717, 1.165) is 44.9 Å². The lowest BCUT2D eigenvalue weighted by atomic mass is 9.87. The molecule has 0 fully saturated rings. The topological polar surface area (TPSA) is 38.7 Å². The maximum atomic E-state index is 5.20. The summed E-state index contributed by atoms with van der Waals surface area (Å²) < 4.78 is 0. The molecule has 260 valence electrons. The molecule has 0 spiro atoms. The van der Waals surface area contributed by atoms with Crippen LogP contribution in [0.2, 0.25) is 0 Å². The Balaban J connectivity index is 1.04. The van der Waals surface area contributed by atoms with Crippen molar-refractivity contribution in [2.45, 2.75) is 0 Å². The largest absolute Gasteiger partial charge is 0.256 e. The third-order valence-corrected chi connectivity index (χ3v) is 11.1. The van der Waals surface area contributed by atoms with Gasteiger partial charge >= 0.3 is 0 Å². The number of nitrogens with zero attached hydrogens (tertiary/aromatic N) is 3. The lowest BCUT2D eigenvalue weighted by Gasteiger charge is -2.17. The Morgan fingerprint density at radius 2 is 0.804 bits per heavy atom. The average molecular weight is 712 g/mol. The van der Waals surface area contributed by atoms with E-state index in [0.29, 0.717) is 5.82 Å². The quantitative estimate of drug-likeness (QED) is 0.161. The summed E-state index contributed by atoms with van der Waals surface area (Å²) in [6.45, 7) is 0. The highest BCUT2D eigenvalue weighted by molar-refractivity contribution is 6.27. The van der Waals surface area contributed by atoms with E-state index in [-0.39, 0.29) is 0 Å². The fourth-order valence-corrected chi connectivity index (χ4v) is 8.31. The van der Waals surface area contributed by atoms with Crippen LogP contribution in [0.5, 0.6) is 0 Å². The summed E-state index contributed by atoms with van der Waals surface area (Å²) in [6.07, 6.45) is 1.83. The molecular formula is C53H33N3. The van der Waals surface area contributed by atoms with Gasteiger partial charge in [0.1, 0.15) is 0 Å². The highest BCUT2D eigenvalue weighted by Crippen LogP contribution is 2.43. The van der Waals surface area contributed by atoms with Gasteiger partial charge in [-0.25, -0.2) is 9.97 Å². The number of hydrogen-bond donors (Lipinski definition) is 0. The number of fused-ring (bicyclic) bond motifs is 1. The normalized spacial score (nSPS) is 11.6. The second-order valence-corrected chi connectivity index (χ2v) is 14.4. The lowest BCUT2D eigenvalue weighted by Crippen LogP contribution is -1.96. The van der Waals surface area contributed by atoms with Crippen LogP contribution in [0.25, 0.3) is 111 Å². The van der Waals surface area contributed by atoms with Crippen LogP contribution in [0.15, 0.2) is 200 Å². The van der Waals surface area contributed by atoms with Gasteiger partial charge in [-0.3, -0.25) is 4.98 Å². The summed E-state index contributed by atoms with van der Waals surface area (Å²) in [5.41, 5.74) is 11.6. The van der Waals surface area contributed by atoms with Gasteiger partial charge in [-0.05, 0) is 95.7 Å². The molecule has 2 aromatic heterocycles. The summed E-state index contributed by atoms with van der Waals surface area (Å²) >= 11 is 0. The van der Waals surface area contributed by atoms with Crippen LogP contribution in [0.1, 0.15) is 0 Å². The number of rotatable bonds is 6. The zero-order valence-electron chi connectivity index (χ0n) is 30.4. The standard InChI is InChI=1S/C53H33N3/c1-2-10-35(11-3-1)49-33-50(37-19-17-36(18-20-37)48-15-6-7-30-54-48)56-53(55-49)43-14-8-13-41(32-43)44-26-22-38-25-29-47-45(27-23-39-24-28-46(44)51(38)52(39)47)42-21-16-34-9-4-5-12-40(34)31-42/h1-33H. The Bertz CT molecular complexity index is 3230. The van der Waals surface area contributed by atoms with E-state index in [2.05, 4.69) is 175 Å². The first-order valence-electron chi connectivity index (χ1n) is 19.0. The zero-order valence-corrected chi connectivity index (χ0v) is 30.4. The Morgan fingerprint density at radius 1 is 0.286 bits per heavy atom. The third kappa shape index (κ3) is 5.49. The van der Waals surface area contributed by atoms with Crippen molar-refractivity contribution in [1.82, 2.24) is 15.0 Å². The van der Waals surface area contributed by atoms with Crippen LogP contribution in [0.3, 0.4) is 0 Å². The SMILES string of the molecule is c1ccc(-c2cc(-c3ccc(-c4ccccn4)cc3)nc(-c3cccc(-c4ccc5ccc6c(-c7ccc8ccccc8c7)ccc7ccc4c5c76)c3)n2)cc1. The van der Waals surface area contributed by atoms with Crippen molar-refractivity contribution in [2.24, 2.45) is 0 Å². The molecule has 56 heavy (non-hydrogen) atoms. The van der Waals surface area contributed by atoms with Gasteiger partial charge in [-0.15, -0.1) is 0 Å². The average Bonchev–Trinajstić information content (AvgIpc) is 3.28. The number of pyridine rings is 1. The summed E-state index contributed by atoms with van der Waals surface area (Å²) in [5.74, 6) is 0.690. The second-order valence-electron chi connectivity index (χ2n) is 14.4. The number of aromatic nitrogens is 3. The highest BCUT2D eigenvalue weighted by Gasteiger charge is 2.17. The summed E-state index contributed by atoms with van der Waals surface area (Å²) in [4.78, 5) is 14.9. The lowest BCUT2D eigenvalue weighted by molar-refractivity contribution is 1.18. The van der Waals surface area contributed by atoms with Crippen LogP contribution in [0.4, 0.5) is 0 Å². The molecule has 3 heteroatoms. The molecule has 0 radical (unpaired) electrons. The smallest absolute Gasteiger partial charge is 0.160 e. The number of hydrogen-bond acceptors (Lipinski definition) is 3. The fourth-order valence-electron chi connectivity index (χ4n) is 8.31. The molecule has 0 aliphatic carbocycles. The predicted molar refractivity (Wildman–Crippen MR) is 234 cm³/mol. The van der Waals surface area contributed by atoms with Crippen LogP contribution < -0.4 is 0 Å². The molecule has 0 saturated carbocycles. The van der Waals surface area contributed by atoms with Gasteiger partial charge in [0.15, 0.2) is 5.82 Å². The molecule has 0 N–H and O–H groups in total. The van der Waals surface area contributed by atoms with Gasteiger partial charge in [0.05, 0.1) is 17.1 Å². The van der Waals surface area contributed by atoms with Gasteiger partial charge in [-0.2, -0.15) is 0 Å². The van der Waals surface area contributed by atoms with E-state index >= 15 is 0 Å². The van der Waals surface area contributed by atoms with E-state index < -0.39 is 0 Å². The molecule has 11 aromatic rings. The van der Waals surface area contributed by atoms with Crippen molar-refractivity contribution in [3.63, 3.8) is 0 Å². The Hall–Kier alpha value is -7.49. The molecule has 0 amide bonds. The molecule has 11 rings (SSSR count). The van der Waals surface area contributed by atoms with E-state index in [1.54, 1.807) is 0 Å². The summed E-state index contributed by atoms with van der Waals surface area (Å²) in [6, 6.07) is 69.2. The minimum absolute atomic E-state index is 0.690. The van der Waals surface area contributed by atoms with Gasteiger partial charge in [0.2, 0.25) is 0 Å². The molecule has 0 bridgehead atoms. The first-order valence-corrected chi connectivity index (χ1v) is 19.0. The van der Waals surface area contributed by atoms with Gasteiger partial charge in [-0.1, -0.05) is 164 Å². The molecule has 9 aromatic carbocycles. The van der Waals surface area contributed by atoms with Crippen LogP contribution in [-0.4, -0.2) is 15.0 Å². The highest BCUT2D eigenvalue weighted by atomic mass is 14.9. The first-order chi connectivity index (χ1) is 27.7. The van der Waals surface area contributed by atoms with Crippen molar-refractivity contribution in [1.29, 1.82) is 0 Å². The van der Waals surface area contributed by atoms with Crippen molar-refractivity contribution < 1.29 is 0 Å². The van der Waals surface area contributed by atoms with Crippen LogP contribution in [-0.2, 0) is 0 Å². The fraction of sp³-hybridized carbons (Fsp3) is 0. The Morgan fingerprint density at radius 3 is 1.48 bits per heavy atom. The molecule has 2 heterocycles. The molecule has 3 nitrogen and oxygen atoms in total. The molecule has 0 aliphatic rings. The van der Waals surface area contributed by atoms with E-state index in [1.165, 1.54) is 59.8 Å². The molecular weight excluding hydrogens is 679 g/mol. The molecule has 0 saturated heterocycles. The third-order valence-electron chi connectivity index (χ3n) is 11.1. The molecule has 0 unspecified atom stereocenters. The maximum Gasteiger partial charge on any atom is 0.160 e. The van der Waals surface area contributed by atoms with Gasteiger partial charge in [0.25, 0.3) is 0 Å². The van der Waals surface area contributed by atoms with Crippen molar-refractivity contribution >= 4 is 43.1 Å². The van der Waals surface area contributed by atoms with Crippen molar-refractivity contribution in [3.05, 3.63) is 200 Å². The number of benzene rings is 9. The van der Waals surface area contributed by atoms with Crippen LogP contribution in [0, 0.1) is 0 Å². The minimum Gasteiger partial charge on any atom is -0.256 e. The Labute approximate surface area is 324 Å². The first kappa shape index (κ1) is 32.0. The Kier molecular flexibility index (Phi) is 7.49. The molecule has 0 aliphatic heterocycles.